The number of thiophene rings is 2. The smallest absolute Gasteiger partial charge is 0.264 e. The Morgan fingerprint density at radius 1 is 1.16 bits per heavy atom. The van der Waals surface area contributed by atoms with E-state index in [1.165, 1.54) is 11.3 Å². The Morgan fingerprint density at radius 2 is 1.92 bits per heavy atom. The van der Waals surface area contributed by atoms with Gasteiger partial charge in [-0.15, -0.1) is 22.7 Å². The molecule has 1 unspecified atom stereocenters. The maximum atomic E-state index is 12.4. The van der Waals surface area contributed by atoms with E-state index in [1.807, 2.05) is 39.9 Å². The molecule has 4 heterocycles. The van der Waals surface area contributed by atoms with E-state index >= 15 is 0 Å². The van der Waals surface area contributed by atoms with Crippen molar-refractivity contribution in [3.8, 4) is 10.7 Å². The number of nitrogens with zero attached hydrogens (tertiary/aromatic N) is 4. The van der Waals surface area contributed by atoms with Gasteiger partial charge < -0.3 is 9.42 Å². The van der Waals surface area contributed by atoms with Crippen LogP contribution in [0.1, 0.15) is 28.5 Å². The van der Waals surface area contributed by atoms with Gasteiger partial charge in [-0.2, -0.15) is 4.98 Å². The summed E-state index contributed by atoms with van der Waals surface area (Å²) in [4.78, 5) is 23.0. The topological polar surface area (TPSA) is 62.5 Å². The molecule has 1 aliphatic rings. The molecule has 1 fully saturated rings. The van der Waals surface area contributed by atoms with Crippen molar-refractivity contribution in [3.05, 3.63) is 45.8 Å². The number of rotatable bonds is 4. The average molecular weight is 374 g/mol. The molecular weight excluding hydrogens is 356 g/mol. The second-order valence-electron chi connectivity index (χ2n) is 5.91. The highest BCUT2D eigenvalue weighted by molar-refractivity contribution is 7.13. The summed E-state index contributed by atoms with van der Waals surface area (Å²) in [6, 6.07) is 7.80. The molecule has 4 rings (SSSR count). The van der Waals surface area contributed by atoms with E-state index in [-0.39, 0.29) is 11.9 Å². The molecule has 3 aromatic rings. The molecule has 8 heteroatoms. The molecule has 0 N–H and O–H groups in total. The summed E-state index contributed by atoms with van der Waals surface area (Å²) >= 11 is 3.09. The normalized spacial score (nSPS) is 16.9. The fraction of sp³-hybridized carbons (Fsp3) is 0.353. The van der Waals surface area contributed by atoms with Gasteiger partial charge in [-0.3, -0.25) is 9.69 Å². The summed E-state index contributed by atoms with van der Waals surface area (Å²) in [5.74, 6) is 1.39. The van der Waals surface area contributed by atoms with Crippen LogP contribution in [0.4, 0.5) is 0 Å². The van der Waals surface area contributed by atoms with Gasteiger partial charge in [0.15, 0.2) is 0 Å². The third-order valence-electron chi connectivity index (χ3n) is 4.42. The molecule has 0 bridgehead atoms. The number of piperazine rings is 1. The molecule has 0 aromatic carbocycles. The maximum Gasteiger partial charge on any atom is 0.264 e. The number of carbonyl (C=O) groups is 1. The number of aromatic nitrogens is 2. The summed E-state index contributed by atoms with van der Waals surface area (Å²) in [7, 11) is 0. The largest absolute Gasteiger partial charge is 0.337 e. The van der Waals surface area contributed by atoms with Gasteiger partial charge in [0.05, 0.1) is 15.8 Å². The molecule has 0 saturated carbocycles. The van der Waals surface area contributed by atoms with Gasteiger partial charge in [-0.1, -0.05) is 17.3 Å². The minimum Gasteiger partial charge on any atom is -0.337 e. The van der Waals surface area contributed by atoms with E-state index in [4.69, 9.17) is 4.52 Å². The fourth-order valence-corrected chi connectivity index (χ4v) is 4.28. The van der Waals surface area contributed by atoms with Crippen LogP contribution in [0.15, 0.2) is 39.5 Å². The Hall–Kier alpha value is -2.03. The van der Waals surface area contributed by atoms with Crippen molar-refractivity contribution in [3.63, 3.8) is 0 Å². The molecule has 0 spiro atoms. The standard InChI is InChI=1S/C17H18N4O2S2/c1-12(16-18-15(19-23-16)13-4-2-10-24-13)20-6-8-21(9-7-20)17(22)14-5-3-11-25-14/h2-5,10-12H,6-9H2,1H3. The lowest BCUT2D eigenvalue weighted by Crippen LogP contribution is -2.49. The summed E-state index contributed by atoms with van der Waals surface area (Å²) in [5, 5.41) is 8.02. The fourth-order valence-electron chi connectivity index (χ4n) is 2.94. The lowest BCUT2D eigenvalue weighted by Gasteiger charge is -2.36. The van der Waals surface area contributed by atoms with Crippen molar-refractivity contribution >= 4 is 28.6 Å². The first kappa shape index (κ1) is 16.4. The summed E-state index contributed by atoms with van der Waals surface area (Å²) in [6.07, 6.45) is 0. The van der Waals surface area contributed by atoms with Gasteiger partial charge in [-0.25, -0.2) is 0 Å². The van der Waals surface area contributed by atoms with E-state index in [0.29, 0.717) is 24.8 Å². The Bertz CT molecular complexity index is 821. The van der Waals surface area contributed by atoms with Gasteiger partial charge in [0.2, 0.25) is 11.7 Å². The molecule has 3 aromatic heterocycles. The van der Waals surface area contributed by atoms with Crippen molar-refractivity contribution in [2.45, 2.75) is 13.0 Å². The third kappa shape index (κ3) is 3.37. The molecule has 130 valence electrons. The van der Waals surface area contributed by atoms with Crippen molar-refractivity contribution in [1.29, 1.82) is 0 Å². The van der Waals surface area contributed by atoms with Crippen molar-refractivity contribution < 1.29 is 9.32 Å². The second-order valence-corrected chi connectivity index (χ2v) is 7.81. The first-order valence-corrected chi connectivity index (χ1v) is 9.92. The van der Waals surface area contributed by atoms with E-state index < -0.39 is 0 Å². The van der Waals surface area contributed by atoms with Crippen molar-refractivity contribution in [2.75, 3.05) is 26.2 Å². The lowest BCUT2D eigenvalue weighted by atomic mass is 10.2. The first-order chi connectivity index (χ1) is 12.2. The van der Waals surface area contributed by atoms with Crippen LogP contribution >= 0.6 is 22.7 Å². The molecule has 6 nitrogen and oxygen atoms in total. The van der Waals surface area contributed by atoms with Crippen LogP contribution in [-0.4, -0.2) is 52.0 Å². The SMILES string of the molecule is CC(c1nc(-c2cccs2)no1)N1CCN(C(=O)c2cccs2)CC1. The monoisotopic (exact) mass is 374 g/mol. The van der Waals surface area contributed by atoms with Crippen LogP contribution in [0, 0.1) is 0 Å². The summed E-state index contributed by atoms with van der Waals surface area (Å²) in [5.41, 5.74) is 0. The first-order valence-electron chi connectivity index (χ1n) is 8.16. The highest BCUT2D eigenvalue weighted by atomic mass is 32.1. The Morgan fingerprint density at radius 3 is 2.60 bits per heavy atom. The van der Waals surface area contributed by atoms with E-state index in [1.54, 1.807) is 11.3 Å². The zero-order valence-corrected chi connectivity index (χ0v) is 15.4. The van der Waals surface area contributed by atoms with Gasteiger partial charge >= 0.3 is 0 Å². The average Bonchev–Trinajstić information content (AvgIpc) is 3.42. The van der Waals surface area contributed by atoms with E-state index in [2.05, 4.69) is 22.0 Å². The molecule has 1 aliphatic heterocycles. The molecular formula is C17H18N4O2S2. The zero-order chi connectivity index (χ0) is 17.2. The second kappa shape index (κ2) is 7.07. The Labute approximate surface area is 153 Å². The van der Waals surface area contributed by atoms with Crippen LogP contribution in [-0.2, 0) is 0 Å². The summed E-state index contributed by atoms with van der Waals surface area (Å²) < 4.78 is 5.46. The van der Waals surface area contributed by atoms with Crippen molar-refractivity contribution in [2.24, 2.45) is 0 Å². The number of amides is 1. The Kier molecular flexibility index (Phi) is 4.65. The predicted molar refractivity (Wildman–Crippen MR) is 97.8 cm³/mol. The lowest BCUT2D eigenvalue weighted by molar-refractivity contribution is 0.0556. The Balaban J connectivity index is 1.38. The van der Waals surface area contributed by atoms with Crippen LogP contribution in [0.2, 0.25) is 0 Å². The minimum absolute atomic E-state index is 0.0419. The van der Waals surface area contributed by atoms with Crippen LogP contribution in [0.5, 0.6) is 0 Å². The molecule has 1 amide bonds. The van der Waals surface area contributed by atoms with Crippen LogP contribution in [0.25, 0.3) is 10.7 Å². The van der Waals surface area contributed by atoms with E-state index in [9.17, 15) is 4.79 Å². The highest BCUT2D eigenvalue weighted by Crippen LogP contribution is 2.26. The number of carbonyl (C=O) groups excluding carboxylic acids is 1. The molecule has 1 saturated heterocycles. The van der Waals surface area contributed by atoms with Crippen LogP contribution in [0.3, 0.4) is 0 Å². The van der Waals surface area contributed by atoms with Gasteiger partial charge in [-0.05, 0) is 29.8 Å². The van der Waals surface area contributed by atoms with E-state index in [0.717, 1.165) is 22.8 Å². The maximum absolute atomic E-state index is 12.4. The molecule has 0 aliphatic carbocycles. The molecule has 0 radical (unpaired) electrons. The zero-order valence-electron chi connectivity index (χ0n) is 13.8. The van der Waals surface area contributed by atoms with Gasteiger partial charge in [0, 0.05) is 26.2 Å². The number of hydrogen-bond acceptors (Lipinski definition) is 7. The quantitative estimate of drug-likeness (QED) is 0.701. The van der Waals surface area contributed by atoms with Gasteiger partial charge in [0.25, 0.3) is 5.91 Å². The van der Waals surface area contributed by atoms with Gasteiger partial charge in [0.1, 0.15) is 0 Å². The van der Waals surface area contributed by atoms with Crippen LogP contribution < -0.4 is 0 Å². The van der Waals surface area contributed by atoms with Crippen molar-refractivity contribution in [1.82, 2.24) is 19.9 Å². The highest BCUT2D eigenvalue weighted by Gasteiger charge is 2.28. The number of hydrogen-bond donors (Lipinski definition) is 0. The predicted octanol–water partition coefficient (Wildman–Crippen LogP) is 3.38. The third-order valence-corrected chi connectivity index (χ3v) is 6.15. The summed E-state index contributed by atoms with van der Waals surface area (Å²) in [6.45, 7) is 5.10. The molecule has 1 atom stereocenters. The molecule has 25 heavy (non-hydrogen) atoms. The minimum atomic E-state index is 0.0419.